The molecule has 0 fully saturated rings. The molecule has 2 rings (SSSR count). The Balaban J connectivity index is 2.76. The molecule has 0 radical (unpaired) electrons. The molecule has 2 aromatic rings. The van der Waals surface area contributed by atoms with E-state index in [4.69, 9.17) is 5.11 Å². The van der Waals surface area contributed by atoms with Crippen LogP contribution in [0.15, 0.2) is 16.6 Å². The summed E-state index contributed by atoms with van der Waals surface area (Å²) in [6, 6.07) is 3.70. The van der Waals surface area contributed by atoms with Crippen molar-refractivity contribution in [3.05, 3.63) is 28.0 Å². The second kappa shape index (κ2) is 3.09. The zero-order valence-electron chi connectivity index (χ0n) is 7.34. The molecule has 1 aromatic carbocycles. The average Bonchev–Trinajstić information content (AvgIpc) is 2.47. The third-order valence-electron chi connectivity index (χ3n) is 1.94. The van der Waals surface area contributed by atoms with E-state index in [1.807, 2.05) is 19.1 Å². The second-order valence-electron chi connectivity index (χ2n) is 3.01. The minimum atomic E-state index is -1.04. The smallest absolute Gasteiger partial charge is 0.371 e. The van der Waals surface area contributed by atoms with E-state index in [2.05, 4.69) is 25.9 Å². The predicted molar refractivity (Wildman–Crippen MR) is 55.5 cm³/mol. The van der Waals surface area contributed by atoms with Crippen LogP contribution in [0, 0.1) is 6.92 Å². The van der Waals surface area contributed by atoms with Crippen molar-refractivity contribution < 1.29 is 9.90 Å². The minimum absolute atomic E-state index is 0.0267. The van der Waals surface area contributed by atoms with Gasteiger partial charge in [-0.3, -0.25) is 0 Å². The van der Waals surface area contributed by atoms with Gasteiger partial charge in [0.25, 0.3) is 0 Å². The number of aromatic carboxylic acids is 1. The molecule has 1 heterocycles. The summed E-state index contributed by atoms with van der Waals surface area (Å²) in [5, 5.41) is 8.74. The van der Waals surface area contributed by atoms with E-state index in [0.717, 1.165) is 15.6 Å². The highest BCUT2D eigenvalue weighted by atomic mass is 79.9. The minimum Gasteiger partial charge on any atom is -0.475 e. The molecule has 0 atom stereocenters. The van der Waals surface area contributed by atoms with Crippen LogP contribution in [-0.2, 0) is 0 Å². The van der Waals surface area contributed by atoms with E-state index in [0.29, 0.717) is 5.52 Å². The third kappa shape index (κ3) is 1.39. The van der Waals surface area contributed by atoms with E-state index in [1.54, 1.807) is 0 Å². The Hall–Kier alpha value is -1.36. The molecule has 0 aliphatic carbocycles. The molecule has 0 aliphatic rings. The first-order chi connectivity index (χ1) is 6.58. The summed E-state index contributed by atoms with van der Waals surface area (Å²) in [5.41, 5.74) is 2.37. The number of nitrogens with one attached hydrogen (secondary N) is 1. The lowest BCUT2D eigenvalue weighted by molar-refractivity contribution is 0.0685. The zero-order chi connectivity index (χ0) is 10.3. The number of hydrogen-bond donors (Lipinski definition) is 2. The maximum Gasteiger partial charge on any atom is 0.371 e. The lowest BCUT2D eigenvalue weighted by Gasteiger charge is -1.94. The number of rotatable bonds is 1. The number of halogens is 1. The topological polar surface area (TPSA) is 66.0 Å². The number of aromatic nitrogens is 2. The molecule has 4 nitrogen and oxygen atoms in total. The largest absolute Gasteiger partial charge is 0.475 e. The zero-order valence-corrected chi connectivity index (χ0v) is 8.92. The van der Waals surface area contributed by atoms with Gasteiger partial charge >= 0.3 is 5.97 Å². The van der Waals surface area contributed by atoms with Crippen molar-refractivity contribution in [1.82, 2.24) is 9.97 Å². The monoisotopic (exact) mass is 254 g/mol. The highest BCUT2D eigenvalue weighted by Gasteiger charge is 2.11. The molecule has 0 unspecified atom stereocenters. The maximum absolute atomic E-state index is 10.7. The molecule has 0 aliphatic heterocycles. The van der Waals surface area contributed by atoms with Gasteiger partial charge in [-0.25, -0.2) is 9.78 Å². The maximum atomic E-state index is 10.7. The number of carboxylic acid groups (broad SMARTS) is 1. The van der Waals surface area contributed by atoms with Crippen LogP contribution in [0.5, 0.6) is 0 Å². The predicted octanol–water partition coefficient (Wildman–Crippen LogP) is 2.33. The quantitative estimate of drug-likeness (QED) is 0.821. The molecule has 5 heteroatoms. The molecule has 2 N–H and O–H groups in total. The summed E-state index contributed by atoms with van der Waals surface area (Å²) in [6.45, 7) is 1.89. The van der Waals surface area contributed by atoms with Gasteiger partial charge in [0.05, 0.1) is 11.0 Å². The Morgan fingerprint density at radius 3 is 2.93 bits per heavy atom. The second-order valence-corrected chi connectivity index (χ2v) is 3.93. The van der Waals surface area contributed by atoms with Crippen molar-refractivity contribution in [2.45, 2.75) is 6.92 Å². The first-order valence-corrected chi connectivity index (χ1v) is 4.76. The van der Waals surface area contributed by atoms with E-state index >= 15 is 0 Å². The number of fused-ring (bicyclic) bond motifs is 1. The van der Waals surface area contributed by atoms with E-state index in [1.165, 1.54) is 0 Å². The van der Waals surface area contributed by atoms with Crippen molar-refractivity contribution in [3.8, 4) is 0 Å². The molecule has 0 amide bonds. The van der Waals surface area contributed by atoms with Gasteiger partial charge in [-0.1, -0.05) is 15.9 Å². The molecular formula is C9H7BrN2O2. The molecule has 0 saturated heterocycles. The molecule has 0 saturated carbocycles. The SMILES string of the molecule is Cc1cc(Br)cc2[nH]c(C(=O)O)nc12. The number of carbonyl (C=O) groups is 1. The molecule has 72 valence electrons. The number of aryl methyl sites for hydroxylation is 1. The Labute approximate surface area is 88.1 Å². The fraction of sp³-hybridized carbons (Fsp3) is 0.111. The van der Waals surface area contributed by atoms with Crippen LogP contribution < -0.4 is 0 Å². The van der Waals surface area contributed by atoms with Crippen LogP contribution >= 0.6 is 15.9 Å². The fourth-order valence-corrected chi connectivity index (χ4v) is 1.92. The van der Waals surface area contributed by atoms with E-state index in [9.17, 15) is 4.79 Å². The van der Waals surface area contributed by atoms with Crippen molar-refractivity contribution in [2.75, 3.05) is 0 Å². The van der Waals surface area contributed by atoms with Crippen molar-refractivity contribution in [2.24, 2.45) is 0 Å². The summed E-state index contributed by atoms with van der Waals surface area (Å²) in [4.78, 5) is 17.4. The van der Waals surface area contributed by atoms with E-state index in [-0.39, 0.29) is 5.82 Å². The van der Waals surface area contributed by atoms with Gasteiger partial charge in [0.15, 0.2) is 0 Å². The number of imidazole rings is 1. The summed E-state index contributed by atoms with van der Waals surface area (Å²) >= 11 is 3.33. The molecule has 1 aromatic heterocycles. The normalized spacial score (nSPS) is 10.7. The van der Waals surface area contributed by atoms with Crippen LogP contribution in [-0.4, -0.2) is 21.0 Å². The number of carboxylic acids is 1. The molecular weight excluding hydrogens is 248 g/mol. The highest BCUT2D eigenvalue weighted by molar-refractivity contribution is 9.10. The average molecular weight is 255 g/mol. The number of benzene rings is 1. The summed E-state index contributed by atoms with van der Waals surface area (Å²) in [6.07, 6.45) is 0. The summed E-state index contributed by atoms with van der Waals surface area (Å²) in [7, 11) is 0. The van der Waals surface area contributed by atoms with Crippen LogP contribution in [0.2, 0.25) is 0 Å². The highest BCUT2D eigenvalue weighted by Crippen LogP contribution is 2.21. The standard InChI is InChI=1S/C9H7BrN2O2/c1-4-2-5(10)3-6-7(4)12-8(11-6)9(13)14/h2-3H,1H3,(H,11,12)(H,13,14). The van der Waals surface area contributed by atoms with Gasteiger partial charge in [-0.15, -0.1) is 0 Å². The third-order valence-corrected chi connectivity index (χ3v) is 2.40. The molecule has 14 heavy (non-hydrogen) atoms. The van der Waals surface area contributed by atoms with Crippen LogP contribution in [0.25, 0.3) is 11.0 Å². The first kappa shape index (κ1) is 9.21. The lowest BCUT2D eigenvalue weighted by atomic mass is 10.2. The van der Waals surface area contributed by atoms with Crippen LogP contribution in [0.4, 0.5) is 0 Å². The Morgan fingerprint density at radius 1 is 1.57 bits per heavy atom. The lowest BCUT2D eigenvalue weighted by Crippen LogP contribution is -1.97. The van der Waals surface area contributed by atoms with Crippen LogP contribution in [0.1, 0.15) is 16.2 Å². The molecule has 0 spiro atoms. The number of aromatic amines is 1. The Bertz CT molecular complexity index is 519. The van der Waals surface area contributed by atoms with Gasteiger partial charge in [0.2, 0.25) is 5.82 Å². The van der Waals surface area contributed by atoms with Gasteiger partial charge in [0.1, 0.15) is 0 Å². The van der Waals surface area contributed by atoms with Crippen molar-refractivity contribution in [3.63, 3.8) is 0 Å². The van der Waals surface area contributed by atoms with Gasteiger partial charge < -0.3 is 10.1 Å². The van der Waals surface area contributed by atoms with Crippen molar-refractivity contribution in [1.29, 1.82) is 0 Å². The Kier molecular flexibility index (Phi) is 2.03. The first-order valence-electron chi connectivity index (χ1n) is 3.97. The van der Waals surface area contributed by atoms with E-state index < -0.39 is 5.97 Å². The summed E-state index contributed by atoms with van der Waals surface area (Å²) < 4.78 is 0.906. The number of hydrogen-bond acceptors (Lipinski definition) is 2. The fourth-order valence-electron chi connectivity index (χ4n) is 1.35. The van der Waals surface area contributed by atoms with Crippen molar-refractivity contribution >= 4 is 32.9 Å². The van der Waals surface area contributed by atoms with Gasteiger partial charge in [-0.05, 0) is 24.6 Å². The number of H-pyrrole nitrogens is 1. The summed E-state index contributed by atoms with van der Waals surface area (Å²) in [5.74, 6) is -1.07. The Morgan fingerprint density at radius 2 is 2.29 bits per heavy atom. The van der Waals surface area contributed by atoms with Gasteiger partial charge in [0, 0.05) is 4.47 Å². The van der Waals surface area contributed by atoms with Gasteiger partial charge in [-0.2, -0.15) is 0 Å². The molecule has 0 bridgehead atoms. The van der Waals surface area contributed by atoms with Crippen LogP contribution in [0.3, 0.4) is 0 Å². The number of nitrogens with zero attached hydrogens (tertiary/aromatic N) is 1.